The van der Waals surface area contributed by atoms with Crippen LogP contribution in [0.2, 0.25) is 0 Å². The number of allylic oxidation sites excluding steroid dienone is 2. The summed E-state index contributed by atoms with van der Waals surface area (Å²) in [7, 11) is -5.17. The fourth-order valence-electron chi connectivity index (χ4n) is 2.85. The Morgan fingerprint density at radius 1 is 0.566 bits per heavy atom. The predicted octanol–water partition coefficient (Wildman–Crippen LogP) is 3.19. The quantitative estimate of drug-likeness (QED) is 0.0431. The van der Waals surface area contributed by atoms with Gasteiger partial charge in [-0.25, -0.2) is 0 Å². The van der Waals surface area contributed by atoms with E-state index in [-0.39, 0.29) is 134 Å². The van der Waals surface area contributed by atoms with Gasteiger partial charge in [0, 0.05) is 77.4 Å². The minimum Gasteiger partial charge on any atom is 0 e. The van der Waals surface area contributed by atoms with E-state index in [4.69, 9.17) is 79.0 Å². The van der Waals surface area contributed by atoms with Crippen molar-refractivity contribution in [3.63, 3.8) is 0 Å². The normalized spacial score (nSPS) is 13.1. The van der Waals surface area contributed by atoms with Gasteiger partial charge in [-0.2, -0.15) is 0 Å². The van der Waals surface area contributed by atoms with Crippen LogP contribution in [0.4, 0.5) is 0 Å². The molecule has 10 N–H and O–H groups in total. The van der Waals surface area contributed by atoms with Crippen LogP contribution in [0.1, 0.15) is 105 Å². The van der Waals surface area contributed by atoms with Gasteiger partial charge in [-0.15, -0.1) is 0 Å². The largest absolute Gasteiger partial charge is 3.00 e. The van der Waals surface area contributed by atoms with Crippen LogP contribution in [0.5, 0.6) is 0 Å². The average Bonchev–Trinajstić information content (AvgIpc) is 3.65. The van der Waals surface area contributed by atoms with Crippen molar-refractivity contribution in [3.8, 4) is 0 Å². The molecular formula is C26H64O18Si4Ti5-. The molecule has 313 valence electrons. The summed E-state index contributed by atoms with van der Waals surface area (Å²) in [6.45, 7) is 6.89. The van der Waals surface area contributed by atoms with Crippen molar-refractivity contribution >= 4 is 37.9 Å². The smallest absolute Gasteiger partial charge is 0 e. The van der Waals surface area contributed by atoms with Gasteiger partial charge in [0.25, 0.3) is 0 Å². The van der Waals surface area contributed by atoms with Gasteiger partial charge in [0.1, 0.15) is 0 Å². The number of aliphatic hydroxyl groups is 2. The predicted molar refractivity (Wildman–Crippen MR) is 181 cm³/mol. The van der Waals surface area contributed by atoms with Crippen LogP contribution in [-0.2, 0) is 144 Å². The molecule has 53 heavy (non-hydrogen) atoms. The summed E-state index contributed by atoms with van der Waals surface area (Å²) in [5, 5.41) is 40.1. The molecule has 0 amide bonds. The summed E-state index contributed by atoms with van der Waals surface area (Å²) in [5.41, 5.74) is 0. The van der Waals surface area contributed by atoms with E-state index >= 15 is 0 Å². The van der Waals surface area contributed by atoms with Crippen LogP contribution in [0, 0.1) is 29.7 Å². The molecule has 0 aromatic heterocycles. The standard InChI is InChI=1S/C8H14O.C8H14.2C3H8O.4CH3.2HO2Si.2O2Si.2H2O2.H2O.2O.5Ti/c1-2-4-6-8-7(9-8)5-3-1;1-2-4-6-8-7-5-3-1;2*1-3(2)4;;;;;4*1-3-2;2*1-2;;;;;;;;/h7-8H,1-6H2;1-2H,3-8H2;2*3-4H,1-2H3;4*1H3;2*1H;;;2*1-2H;1H2;;;;;;;/q;;;;4*-1;;;;;;;;;;;;;;+3. The molecule has 0 aromatic carbocycles. The maximum absolute atomic E-state index is 8.51. The van der Waals surface area contributed by atoms with E-state index < -0.39 is 57.0 Å². The Hall–Kier alpha value is 1.86. The third kappa shape index (κ3) is 234. The van der Waals surface area contributed by atoms with Crippen molar-refractivity contribution in [2.45, 2.75) is 129 Å². The molecule has 1 saturated heterocycles. The SMILES string of the molecule is C1=CCCCCCC1.C1CCCC2OC2CC1.CC(C)O.CC(C)O.O.O=[Si]=O.O=[Si]=O.O=[Si]O.O=[Si]O.OO.OO.[CH3-].[CH3-].[CH3-].[CH3-].[O]=[Ti]=[O].[Ti+3].[Ti].[Ti].[Ti]. The van der Waals surface area contributed by atoms with Gasteiger partial charge in [0.15, 0.2) is 0 Å². The van der Waals surface area contributed by atoms with Crippen LogP contribution in [0.25, 0.3) is 0 Å². The van der Waals surface area contributed by atoms with Crippen LogP contribution >= 0.6 is 0 Å². The van der Waals surface area contributed by atoms with Gasteiger partial charge in [0.05, 0.1) is 12.2 Å². The van der Waals surface area contributed by atoms with Crippen molar-refractivity contribution in [3.05, 3.63) is 41.9 Å². The van der Waals surface area contributed by atoms with Gasteiger partial charge in [-0.3, -0.25) is 38.9 Å². The second-order valence-electron chi connectivity index (χ2n) is 8.29. The molecule has 0 aromatic rings. The second kappa shape index (κ2) is 131. The minimum absolute atomic E-state index is 0. The molecule has 1 aliphatic heterocycles. The molecule has 1 saturated carbocycles. The monoisotopic (exact) mass is 1020 g/mol. The summed E-state index contributed by atoms with van der Waals surface area (Å²) in [4.78, 5) is 14.1. The maximum Gasteiger partial charge on any atom is 3.00 e. The molecule has 3 aliphatic rings. The van der Waals surface area contributed by atoms with E-state index in [2.05, 4.69) is 12.2 Å². The summed E-state index contributed by atoms with van der Waals surface area (Å²) < 4.78 is 73.1. The summed E-state index contributed by atoms with van der Waals surface area (Å²) >= 11 is -2.00. The number of epoxide rings is 1. The van der Waals surface area contributed by atoms with Gasteiger partial charge in [-0.05, 0) is 66.2 Å². The fourth-order valence-corrected chi connectivity index (χ4v) is 2.85. The Morgan fingerprint density at radius 3 is 0.887 bits per heavy atom. The average molecular weight is 1020 g/mol. The first-order valence-electron chi connectivity index (χ1n) is 13.1. The number of ether oxygens (including phenoxy) is 1. The Morgan fingerprint density at radius 2 is 0.717 bits per heavy atom. The van der Waals surface area contributed by atoms with Gasteiger partial charge in [0.2, 0.25) is 0 Å². The number of hydrogen-bond acceptors (Lipinski definition) is 15. The van der Waals surface area contributed by atoms with E-state index in [1.165, 1.54) is 77.0 Å². The van der Waals surface area contributed by atoms with E-state index in [0.717, 1.165) is 0 Å². The minimum atomic E-state index is -2.00. The third-order valence-electron chi connectivity index (χ3n) is 4.07. The zero-order valence-electron chi connectivity index (χ0n) is 32.2. The molecular weight excluding hydrogens is 952 g/mol. The molecule has 2 atom stereocenters. The van der Waals surface area contributed by atoms with E-state index in [1.807, 2.05) is 0 Å². The number of hydrogen-bond donors (Lipinski definition) is 8. The molecule has 1 heterocycles. The molecule has 0 bridgehead atoms. The maximum atomic E-state index is 8.51. The van der Waals surface area contributed by atoms with Crippen molar-refractivity contribution in [2.24, 2.45) is 0 Å². The Balaban J connectivity index is -0.0000000184. The van der Waals surface area contributed by atoms with E-state index in [0.29, 0.717) is 12.2 Å². The topological polar surface area (TPSA) is 342 Å². The summed E-state index contributed by atoms with van der Waals surface area (Å²) in [5.74, 6) is 0. The molecule has 3 rings (SSSR count). The second-order valence-corrected chi connectivity index (χ2v) is 9.25. The van der Waals surface area contributed by atoms with E-state index in [1.54, 1.807) is 27.7 Å². The van der Waals surface area contributed by atoms with Crippen molar-refractivity contribution < 1.29 is 190 Å². The molecule has 0 spiro atoms. The van der Waals surface area contributed by atoms with Crippen LogP contribution in [0.3, 0.4) is 0 Å². The van der Waals surface area contributed by atoms with Gasteiger partial charge < -0.3 is 68.6 Å². The van der Waals surface area contributed by atoms with Crippen LogP contribution in [0.15, 0.2) is 12.2 Å². The van der Waals surface area contributed by atoms with Crippen LogP contribution in [-0.4, -0.2) is 109 Å². The summed E-state index contributed by atoms with van der Waals surface area (Å²) in [6.07, 6.45) is 22.4. The van der Waals surface area contributed by atoms with Gasteiger partial charge >= 0.3 is 85.3 Å². The first kappa shape index (κ1) is 111. The zero-order chi connectivity index (χ0) is 36.5. The van der Waals surface area contributed by atoms with E-state index in [9.17, 15) is 0 Å². The fraction of sp³-hybridized carbons (Fsp3) is 0.769. The first-order valence-corrected chi connectivity index (χ1v) is 17.7. The van der Waals surface area contributed by atoms with Crippen molar-refractivity contribution in [2.75, 3.05) is 0 Å². The van der Waals surface area contributed by atoms with Crippen molar-refractivity contribution in [1.29, 1.82) is 0 Å². The van der Waals surface area contributed by atoms with Crippen LogP contribution < -0.4 is 0 Å². The number of aliphatic hydroxyl groups excluding tert-OH is 2. The molecule has 2 unspecified atom stereocenters. The molecule has 3 radical (unpaired) electrons. The summed E-state index contributed by atoms with van der Waals surface area (Å²) in [6, 6.07) is 0. The zero-order valence-corrected chi connectivity index (χ0v) is 44.0. The van der Waals surface area contributed by atoms with Crippen molar-refractivity contribution in [1.82, 2.24) is 0 Å². The third-order valence-corrected chi connectivity index (χ3v) is 4.07. The molecule has 2 aliphatic carbocycles. The first-order chi connectivity index (χ1) is 21.0. The Bertz CT molecular complexity index is 598. The number of rotatable bonds is 0. The Labute approximate surface area is 395 Å². The van der Waals surface area contributed by atoms with Gasteiger partial charge in [-0.1, -0.05) is 50.7 Å². The molecule has 18 nitrogen and oxygen atoms in total. The molecule has 2 fully saturated rings. The Kier molecular flexibility index (Phi) is 275. The molecule has 27 heteroatoms. The number of fused-ring (bicyclic) bond motifs is 1.